The highest BCUT2D eigenvalue weighted by Crippen LogP contribution is 2.30. The number of aryl methyl sites for hydroxylation is 1. The molecular formula is C13H14BrClN2S. The Morgan fingerprint density at radius 3 is 2.72 bits per heavy atom. The number of thiophene rings is 1. The molecule has 2 nitrogen and oxygen atoms in total. The van der Waals surface area contributed by atoms with E-state index in [1.807, 2.05) is 19.1 Å². The van der Waals surface area contributed by atoms with Crippen molar-refractivity contribution in [3.05, 3.63) is 43.5 Å². The van der Waals surface area contributed by atoms with Gasteiger partial charge in [-0.05, 0) is 46.6 Å². The van der Waals surface area contributed by atoms with Crippen LogP contribution in [0.3, 0.4) is 0 Å². The van der Waals surface area contributed by atoms with Gasteiger partial charge >= 0.3 is 0 Å². The maximum atomic E-state index is 6.08. The van der Waals surface area contributed by atoms with Crippen molar-refractivity contribution in [2.24, 2.45) is 0 Å². The second kappa shape index (κ2) is 5.51. The topological polar surface area (TPSA) is 29.3 Å². The van der Waals surface area contributed by atoms with Crippen molar-refractivity contribution in [2.75, 3.05) is 17.7 Å². The maximum Gasteiger partial charge on any atom is 0.0656 e. The van der Waals surface area contributed by atoms with E-state index < -0.39 is 0 Å². The van der Waals surface area contributed by atoms with Crippen LogP contribution in [0.2, 0.25) is 5.02 Å². The summed E-state index contributed by atoms with van der Waals surface area (Å²) in [5, 5.41) is 2.70. The summed E-state index contributed by atoms with van der Waals surface area (Å²) >= 11 is 11.3. The van der Waals surface area contributed by atoms with Crippen LogP contribution >= 0.6 is 38.9 Å². The number of hydrogen-bond acceptors (Lipinski definition) is 3. The summed E-state index contributed by atoms with van der Waals surface area (Å²) in [5.74, 6) is 0. The number of rotatable bonds is 3. The predicted octanol–water partition coefficient (Wildman–Crippen LogP) is 4.69. The van der Waals surface area contributed by atoms with E-state index in [-0.39, 0.29) is 0 Å². The third-order valence-corrected chi connectivity index (χ3v) is 4.75. The third-order valence-electron chi connectivity index (χ3n) is 2.74. The van der Waals surface area contributed by atoms with Crippen LogP contribution in [0.1, 0.15) is 10.4 Å². The summed E-state index contributed by atoms with van der Waals surface area (Å²) in [6.07, 6.45) is 0. The second-order valence-corrected chi connectivity index (χ2v) is 6.57. The zero-order chi connectivity index (χ0) is 13.3. The Kier molecular flexibility index (Phi) is 4.20. The van der Waals surface area contributed by atoms with Crippen molar-refractivity contribution in [3.8, 4) is 0 Å². The van der Waals surface area contributed by atoms with Gasteiger partial charge in [0, 0.05) is 27.5 Å². The molecule has 2 aromatic rings. The molecule has 5 heteroatoms. The first-order chi connectivity index (χ1) is 8.47. The van der Waals surface area contributed by atoms with E-state index >= 15 is 0 Å². The van der Waals surface area contributed by atoms with Gasteiger partial charge in [-0.1, -0.05) is 11.6 Å². The number of halogens is 2. The number of nitrogens with two attached hydrogens (primary N) is 1. The molecule has 1 aromatic heterocycles. The van der Waals surface area contributed by atoms with E-state index in [0.717, 1.165) is 22.3 Å². The zero-order valence-electron chi connectivity index (χ0n) is 10.2. The largest absolute Gasteiger partial charge is 0.398 e. The second-order valence-electron chi connectivity index (χ2n) is 4.25. The van der Waals surface area contributed by atoms with Crippen molar-refractivity contribution < 1.29 is 0 Å². The molecule has 18 heavy (non-hydrogen) atoms. The van der Waals surface area contributed by atoms with E-state index in [9.17, 15) is 0 Å². The first-order valence-electron chi connectivity index (χ1n) is 5.47. The SMILES string of the molecule is Cc1cc(N)c(Cl)cc1N(C)Cc1cc(Br)cs1. The Morgan fingerprint density at radius 2 is 2.11 bits per heavy atom. The fourth-order valence-corrected chi connectivity index (χ4v) is 3.52. The Hall–Kier alpha value is -0.710. The van der Waals surface area contributed by atoms with E-state index in [4.69, 9.17) is 17.3 Å². The summed E-state index contributed by atoms with van der Waals surface area (Å²) < 4.78 is 1.13. The molecule has 1 heterocycles. The van der Waals surface area contributed by atoms with Crippen LogP contribution in [0.4, 0.5) is 11.4 Å². The fraction of sp³-hybridized carbons (Fsp3) is 0.231. The summed E-state index contributed by atoms with van der Waals surface area (Å²) in [6, 6.07) is 5.97. The van der Waals surface area contributed by atoms with Gasteiger partial charge in [-0.3, -0.25) is 0 Å². The molecule has 0 bridgehead atoms. The first-order valence-corrected chi connectivity index (χ1v) is 7.52. The molecule has 2 N–H and O–H groups in total. The van der Waals surface area contributed by atoms with Gasteiger partial charge in [0.15, 0.2) is 0 Å². The molecule has 0 aliphatic carbocycles. The zero-order valence-corrected chi connectivity index (χ0v) is 13.4. The normalized spacial score (nSPS) is 10.7. The monoisotopic (exact) mass is 344 g/mol. The van der Waals surface area contributed by atoms with Crippen LogP contribution in [0.25, 0.3) is 0 Å². The Morgan fingerprint density at radius 1 is 1.39 bits per heavy atom. The van der Waals surface area contributed by atoms with Gasteiger partial charge in [-0.2, -0.15) is 0 Å². The van der Waals surface area contributed by atoms with Gasteiger partial charge in [-0.15, -0.1) is 11.3 Å². The van der Waals surface area contributed by atoms with Crippen LogP contribution in [0.15, 0.2) is 28.1 Å². The number of benzene rings is 1. The highest BCUT2D eigenvalue weighted by Gasteiger charge is 2.09. The van der Waals surface area contributed by atoms with Gasteiger partial charge < -0.3 is 10.6 Å². The molecule has 0 atom stereocenters. The summed E-state index contributed by atoms with van der Waals surface area (Å²) in [5.41, 5.74) is 8.67. The standard InChI is InChI=1S/C13H14BrClN2S/c1-8-3-12(16)11(15)5-13(8)17(2)6-10-4-9(14)7-18-10/h3-5,7H,6,16H2,1-2H3. The van der Waals surface area contributed by atoms with Crippen LogP contribution in [0, 0.1) is 6.92 Å². The smallest absolute Gasteiger partial charge is 0.0656 e. The number of anilines is 2. The molecule has 0 saturated heterocycles. The Bertz CT molecular complexity index is 568. The molecule has 0 amide bonds. The molecule has 0 unspecified atom stereocenters. The summed E-state index contributed by atoms with van der Waals surface area (Å²) in [7, 11) is 2.06. The summed E-state index contributed by atoms with van der Waals surface area (Å²) in [6.45, 7) is 2.90. The van der Waals surface area contributed by atoms with Crippen molar-refractivity contribution >= 4 is 50.2 Å². The van der Waals surface area contributed by atoms with E-state index in [1.165, 1.54) is 4.88 Å². The highest BCUT2D eigenvalue weighted by atomic mass is 79.9. The lowest BCUT2D eigenvalue weighted by molar-refractivity contribution is 0.934. The van der Waals surface area contributed by atoms with Crippen LogP contribution in [0.5, 0.6) is 0 Å². The number of hydrogen-bond donors (Lipinski definition) is 1. The molecular weight excluding hydrogens is 332 g/mol. The average Bonchev–Trinajstić information content (AvgIpc) is 2.69. The lowest BCUT2D eigenvalue weighted by atomic mass is 10.1. The highest BCUT2D eigenvalue weighted by molar-refractivity contribution is 9.10. The Balaban J connectivity index is 2.23. The Labute approximate surface area is 124 Å². The van der Waals surface area contributed by atoms with E-state index in [2.05, 4.69) is 39.3 Å². The van der Waals surface area contributed by atoms with Gasteiger partial charge in [0.1, 0.15) is 0 Å². The molecule has 0 radical (unpaired) electrons. The molecule has 96 valence electrons. The minimum absolute atomic E-state index is 0.606. The lowest BCUT2D eigenvalue weighted by Crippen LogP contribution is -2.16. The minimum Gasteiger partial charge on any atom is -0.398 e. The first kappa shape index (κ1) is 13.7. The molecule has 1 aromatic carbocycles. The van der Waals surface area contributed by atoms with Crippen molar-refractivity contribution in [2.45, 2.75) is 13.5 Å². The molecule has 0 aliphatic heterocycles. The third kappa shape index (κ3) is 2.99. The van der Waals surface area contributed by atoms with E-state index in [1.54, 1.807) is 11.3 Å². The van der Waals surface area contributed by atoms with Crippen molar-refractivity contribution in [1.82, 2.24) is 0 Å². The average molecular weight is 346 g/mol. The number of nitrogens with zero attached hydrogens (tertiary/aromatic N) is 1. The maximum absolute atomic E-state index is 6.08. The van der Waals surface area contributed by atoms with Gasteiger partial charge in [0.2, 0.25) is 0 Å². The van der Waals surface area contributed by atoms with E-state index in [0.29, 0.717) is 10.7 Å². The van der Waals surface area contributed by atoms with Crippen LogP contribution < -0.4 is 10.6 Å². The molecule has 2 rings (SSSR count). The minimum atomic E-state index is 0.606. The fourth-order valence-electron chi connectivity index (χ4n) is 1.86. The summed E-state index contributed by atoms with van der Waals surface area (Å²) in [4.78, 5) is 3.48. The van der Waals surface area contributed by atoms with Gasteiger partial charge in [0.25, 0.3) is 0 Å². The van der Waals surface area contributed by atoms with Gasteiger partial charge in [-0.25, -0.2) is 0 Å². The quantitative estimate of drug-likeness (QED) is 0.818. The molecule has 0 fully saturated rings. The van der Waals surface area contributed by atoms with Crippen LogP contribution in [-0.2, 0) is 6.54 Å². The van der Waals surface area contributed by atoms with Crippen molar-refractivity contribution in [3.63, 3.8) is 0 Å². The number of nitrogen functional groups attached to an aromatic ring is 1. The molecule has 0 spiro atoms. The predicted molar refractivity (Wildman–Crippen MR) is 84.7 cm³/mol. The molecule has 0 aliphatic rings. The van der Waals surface area contributed by atoms with Crippen LogP contribution in [-0.4, -0.2) is 7.05 Å². The molecule has 0 saturated carbocycles. The van der Waals surface area contributed by atoms with Gasteiger partial charge in [0.05, 0.1) is 17.3 Å². The lowest BCUT2D eigenvalue weighted by Gasteiger charge is -2.21. The van der Waals surface area contributed by atoms with Crippen molar-refractivity contribution in [1.29, 1.82) is 0 Å².